The highest BCUT2D eigenvalue weighted by atomic mass is 19.4. The van der Waals surface area contributed by atoms with E-state index in [2.05, 4.69) is 101 Å². The first-order valence-electron chi connectivity index (χ1n) is 41.7. The number of nitrogens with zero attached hydrogens (tertiary/aromatic N) is 12. The predicted octanol–water partition coefficient (Wildman–Crippen LogP) is 6.74. The van der Waals surface area contributed by atoms with Gasteiger partial charge in [0.15, 0.2) is 33.5 Å². The third kappa shape index (κ3) is 34.7. The maximum atomic E-state index is 13.6. The van der Waals surface area contributed by atoms with E-state index in [9.17, 15) is 126 Å². The molecule has 6 aromatic heterocycles. The zero-order chi connectivity index (χ0) is 106. The summed E-state index contributed by atoms with van der Waals surface area (Å²) in [6.07, 6.45) is -12.9. The van der Waals surface area contributed by atoms with E-state index in [4.69, 9.17) is 25.1 Å². The van der Waals surface area contributed by atoms with Gasteiger partial charge in [0.25, 0.3) is 35.0 Å². The number of carbonyl (C=O) groups excluding carboxylic acids is 14. The Morgan fingerprint density at radius 2 is 0.709 bits per heavy atom. The molecule has 0 unspecified atom stereocenters. The molecule has 11 N–H and O–H groups in total. The van der Waals surface area contributed by atoms with Crippen molar-refractivity contribution < 1.29 is 145 Å². The molecule has 0 radical (unpaired) electrons. The van der Waals surface area contributed by atoms with Gasteiger partial charge in [0.2, 0.25) is 35.6 Å². The summed E-state index contributed by atoms with van der Waals surface area (Å²) in [5, 5.41) is 20.9. The lowest BCUT2D eigenvalue weighted by atomic mass is 10.1. The van der Waals surface area contributed by atoms with Crippen molar-refractivity contribution in [2.24, 2.45) is 23.5 Å². The van der Waals surface area contributed by atoms with Gasteiger partial charge < -0.3 is 49.9 Å². The van der Waals surface area contributed by atoms with Crippen LogP contribution in [0, 0.1) is 17.8 Å². The van der Waals surface area contributed by atoms with Gasteiger partial charge in [-0.2, -0.15) is 54.5 Å². The van der Waals surface area contributed by atoms with E-state index in [0.29, 0.717) is 14.7 Å². The maximum Gasteiger partial charge on any atom is 0.471 e. The zero-order valence-electron chi connectivity index (χ0n) is 77.7. The number of alkyl halides is 9. The van der Waals surface area contributed by atoms with Crippen molar-refractivity contribution in [3.8, 4) is 0 Å². The molecule has 9 aromatic rings. The topological polar surface area (TPSA) is 642 Å². The molecule has 55 heteroatoms. The second kappa shape index (κ2) is 49.6. The van der Waals surface area contributed by atoms with E-state index in [1.54, 1.807) is 83.1 Å². The van der Waals surface area contributed by atoms with Crippen molar-refractivity contribution in [1.29, 1.82) is 0 Å². The van der Waals surface area contributed by atoms with Crippen LogP contribution in [0.5, 0.6) is 0 Å². The summed E-state index contributed by atoms with van der Waals surface area (Å²) >= 11 is 0. The summed E-state index contributed by atoms with van der Waals surface area (Å²) in [6.45, 7) is 17.7. The van der Waals surface area contributed by atoms with Crippen LogP contribution in [0.2, 0.25) is 0 Å². The van der Waals surface area contributed by atoms with Crippen LogP contribution in [0.3, 0.4) is 0 Å². The molecule has 0 aliphatic heterocycles. The number of nitrogens with two attached hydrogens (primary N) is 1. The SMILES string of the molecule is CC(C)C(=O)Nc1nc2ncc(CN(C(=O)C(F)(F)F)c3ccc(C(=O)O)cc3)nc2c(=O)[nH]1.COC(=O)[C@@H](N)CCC(=O)OC(C)(C)C.COC(=O)[C@H](CCC(=O)OC(C)(C)C)NC(=O)c1ccc(N(Cc2cnc3nc(NC(=O)C(C)C)[nH]c(=O)c3n2)C(=O)C(F)(F)F)cc1.COC(=O)[C@H](CCOC=O)NC(=O)c1ccc(N(Cc2cnc3nc(NC(=O)C(C)C)[nH]c(=O)c3n2)C(=O)C(F)(F)F)cc1. The van der Waals surface area contributed by atoms with Gasteiger partial charge in [0.1, 0.15) is 29.3 Å². The standard InChI is InChI=1S/C30H34F3N7O8.C26H26F3N7O8.C20H17F3N6O5.C10H19NO4/c1-15(2)23(42)38-28-37-22-21(25(44)39-28)35-17(13-34-22)14-40(27(46)30(31,32)33)18-9-7-16(8-10-18)24(43)36-19(26(45)47-6)11-12-20(41)48-29(3,4)5;1-13(2)20(38)34-25-33-19-18(22(40)35-25)31-15(10-30-19)11-36(24(42)26(27,28)29)16-6-4-14(5-7-16)21(39)32-17(23(41)43-3)8-9-44-12-37;1-9(2)15(30)27-19-26-14-13(16(31)28-19)25-11(7-24-14)8-29(18(34)20(21,22)23)12-5-3-10(4-6-12)17(32)33;1-10(2,3)15-8(12)6-5-7(11)9(13)14-4/h7-10,13,15,19H,11-12,14H2,1-6H3,(H,36,43)(H2,34,37,38,39,42,44);4-7,10,12-13,17H,8-9,11H2,1-3H3,(H,32,39)(H2,30,33,34,35,38,40);3-7,9H,8H2,1-2H3,(H,32,33)(H2,24,26,27,28,30,31);7H,5-6,11H2,1-4H3/t19-;17-;;7-/m00.0/s1. The minimum Gasteiger partial charge on any atom is -0.478 e. The van der Waals surface area contributed by atoms with E-state index >= 15 is 0 Å². The Hall–Kier alpha value is -16.3. The highest BCUT2D eigenvalue weighted by Gasteiger charge is 2.46. The number of hydrogen-bond acceptors (Lipinski definition) is 34. The van der Waals surface area contributed by atoms with Gasteiger partial charge in [-0.15, -0.1) is 0 Å². The quantitative estimate of drug-likeness (QED) is 0.00668. The van der Waals surface area contributed by atoms with Crippen LogP contribution in [-0.4, -0.2) is 230 Å². The van der Waals surface area contributed by atoms with Gasteiger partial charge in [-0.25, -0.2) is 44.3 Å². The number of aromatic carboxylic acids is 1. The van der Waals surface area contributed by atoms with Gasteiger partial charge >= 0.3 is 72.1 Å². The van der Waals surface area contributed by atoms with Crippen LogP contribution in [-0.2, 0) is 106 Å². The summed E-state index contributed by atoms with van der Waals surface area (Å²) < 4.78 is 150. The molecule has 46 nitrogen and oxygen atoms in total. The molecule has 9 rings (SSSR count). The Bertz CT molecular complexity index is 6290. The van der Waals surface area contributed by atoms with Gasteiger partial charge in [-0.1, -0.05) is 41.5 Å². The average molecular weight is 1990 g/mol. The molecule has 6 heterocycles. The molecule has 3 aromatic carbocycles. The number of rotatable bonds is 33. The molecule has 0 fully saturated rings. The van der Waals surface area contributed by atoms with E-state index < -0.39 is 179 Å². The van der Waals surface area contributed by atoms with Crippen LogP contribution in [0.4, 0.5) is 74.4 Å². The summed E-state index contributed by atoms with van der Waals surface area (Å²) in [6, 6.07) is 9.71. The van der Waals surface area contributed by atoms with E-state index in [0.717, 1.165) is 106 Å². The average Bonchev–Trinajstić information content (AvgIpc) is 0.795. The number of fused-ring (bicyclic) bond motifs is 3. The summed E-state index contributed by atoms with van der Waals surface area (Å²) in [4.78, 5) is 259. The lowest BCUT2D eigenvalue weighted by molar-refractivity contribution is -0.170. The first-order chi connectivity index (χ1) is 65.6. The van der Waals surface area contributed by atoms with E-state index in [1.165, 1.54) is 7.11 Å². The van der Waals surface area contributed by atoms with Crippen LogP contribution >= 0.6 is 0 Å². The highest BCUT2D eigenvalue weighted by Crippen LogP contribution is 2.31. The number of H-pyrrole nitrogens is 3. The number of amides is 8. The maximum absolute atomic E-state index is 13.6. The van der Waals surface area contributed by atoms with Crippen molar-refractivity contribution in [3.63, 3.8) is 0 Å². The predicted molar refractivity (Wildman–Crippen MR) is 476 cm³/mol. The number of aromatic nitrogens is 12. The van der Waals surface area contributed by atoms with Gasteiger partial charge in [-0.3, -0.25) is 118 Å². The molecule has 0 spiro atoms. The molecule has 141 heavy (non-hydrogen) atoms. The Morgan fingerprint density at radius 1 is 0.426 bits per heavy atom. The van der Waals surface area contributed by atoms with Crippen molar-refractivity contribution >= 4 is 158 Å². The number of halogens is 9. The van der Waals surface area contributed by atoms with Crippen LogP contribution < -0.4 is 63.7 Å². The van der Waals surface area contributed by atoms with Crippen LogP contribution in [0.25, 0.3) is 33.5 Å². The number of hydrogen-bond donors (Lipinski definition) is 10. The zero-order valence-corrected chi connectivity index (χ0v) is 77.7. The monoisotopic (exact) mass is 1990 g/mol. The fourth-order valence-corrected chi connectivity index (χ4v) is 11.3. The number of aromatic amines is 3. The number of anilines is 6. The second-order valence-electron chi connectivity index (χ2n) is 32.6. The van der Waals surface area contributed by atoms with Crippen LogP contribution in [0.1, 0.15) is 163 Å². The second-order valence-corrected chi connectivity index (χ2v) is 32.6. The molecular weight excluding hydrogens is 1900 g/mol. The van der Waals surface area contributed by atoms with E-state index in [-0.39, 0.29) is 153 Å². The Balaban J connectivity index is 0.000000304. The van der Waals surface area contributed by atoms with Crippen LogP contribution in [0.15, 0.2) is 106 Å². The minimum atomic E-state index is -5.31. The van der Waals surface area contributed by atoms with Gasteiger partial charge in [-0.05, 0) is 127 Å². The Morgan fingerprint density at radius 3 is 0.972 bits per heavy atom. The van der Waals surface area contributed by atoms with Crippen molar-refractivity contribution in [1.82, 2.24) is 70.4 Å². The van der Waals surface area contributed by atoms with Crippen molar-refractivity contribution in [2.75, 3.05) is 58.6 Å². The lowest BCUT2D eigenvalue weighted by Gasteiger charge is -2.24. The van der Waals surface area contributed by atoms with Crippen molar-refractivity contribution in [3.05, 3.63) is 156 Å². The molecule has 0 saturated carbocycles. The molecule has 0 aliphatic rings. The molecule has 0 aliphatic carbocycles. The lowest BCUT2D eigenvalue weighted by Crippen LogP contribution is -2.42. The number of ether oxygens (including phenoxy) is 6. The first kappa shape index (κ1) is 113. The smallest absolute Gasteiger partial charge is 0.471 e. The molecule has 0 saturated heterocycles. The largest absolute Gasteiger partial charge is 0.478 e. The number of carboxylic acid groups (broad SMARTS) is 1. The number of nitrogens with one attached hydrogen (secondary N) is 8. The van der Waals surface area contributed by atoms with Gasteiger partial charge in [0, 0.05) is 65.2 Å². The van der Waals surface area contributed by atoms with Gasteiger partial charge in [0.05, 0.1) is 88.8 Å². The fraction of sp³-hybridized carbons (Fsp3) is 0.407. The third-order valence-electron chi connectivity index (χ3n) is 18.2. The molecule has 758 valence electrons. The Labute approximate surface area is 791 Å². The fourth-order valence-electron chi connectivity index (χ4n) is 11.3. The molecular formula is C86H96F9N21O25. The number of carbonyl (C=O) groups is 15. The molecule has 0 bridgehead atoms. The summed E-state index contributed by atoms with van der Waals surface area (Å²) in [5.74, 6) is -15.9. The third-order valence-corrected chi connectivity index (χ3v) is 18.2. The molecule has 8 amide bonds. The van der Waals surface area contributed by atoms with E-state index in [1.807, 2.05) is 0 Å². The summed E-state index contributed by atoms with van der Waals surface area (Å²) in [5.41, 5.74) is -1.67. The normalized spacial score (nSPS) is 12.1. The van der Waals surface area contributed by atoms with Crippen molar-refractivity contribution in [2.45, 2.75) is 183 Å². The number of benzene rings is 3. The summed E-state index contributed by atoms with van der Waals surface area (Å²) in [7, 11) is 3.43. The first-order valence-corrected chi connectivity index (χ1v) is 41.7. The Kier molecular flexibility index (Phi) is 39.9. The number of methoxy groups -OCH3 is 3. The molecule has 3 atom stereocenters. The highest BCUT2D eigenvalue weighted by molar-refractivity contribution is 6.02. The number of carboxylic acids is 1. The minimum absolute atomic E-state index is 0.0816. The number of esters is 5.